The number of piperidine rings is 3. The maximum atomic E-state index is 13.9. The number of rotatable bonds is 7. The molecule has 220 valence electrons. The third-order valence-corrected chi connectivity index (χ3v) is 8.34. The monoisotopic (exact) mass is 586 g/mol. The zero-order valence-corrected chi connectivity index (χ0v) is 22.4. The average molecular weight is 587 g/mol. The second kappa shape index (κ2) is 11.1. The molecule has 3 fully saturated rings. The molecular weight excluding hydrogens is 558 g/mol. The Labute approximate surface area is 238 Å². The first-order valence-electron chi connectivity index (χ1n) is 13.7. The van der Waals surface area contributed by atoms with Gasteiger partial charge in [0.15, 0.2) is 0 Å². The predicted molar refractivity (Wildman–Crippen MR) is 143 cm³/mol. The standard InChI is InChI=1S/C30H28F6N6/c31-29(32,33)23-15-19(16-24(17-23)42-28(30(34,35)36)38-39-40-42)18-37-26-22-11-13-41(14-12-22)27(26)25(20-7-3-1-4-8-20)21-9-5-2-6-10-21/h1-10,15-17,22,25-27,37H,11-14,18H2/t26-,27+/m0/s1. The number of nitrogens with zero attached hydrogens (tertiary/aromatic N) is 5. The molecule has 4 heterocycles. The molecule has 3 aliphatic rings. The summed E-state index contributed by atoms with van der Waals surface area (Å²) in [5.41, 5.74) is 1.00. The molecule has 12 heteroatoms. The lowest BCUT2D eigenvalue weighted by molar-refractivity contribution is -0.146. The zero-order valence-electron chi connectivity index (χ0n) is 22.4. The Bertz CT molecular complexity index is 1460. The zero-order chi connectivity index (χ0) is 29.5. The van der Waals surface area contributed by atoms with Crippen molar-refractivity contribution in [2.24, 2.45) is 5.92 Å². The number of benzene rings is 3. The summed E-state index contributed by atoms with van der Waals surface area (Å²) in [6, 6.07) is 23.2. The molecule has 0 spiro atoms. The summed E-state index contributed by atoms with van der Waals surface area (Å²) >= 11 is 0. The van der Waals surface area contributed by atoms with Crippen LogP contribution in [0.1, 0.15) is 46.8 Å². The fraction of sp³-hybridized carbons (Fsp3) is 0.367. The first kappa shape index (κ1) is 28.4. The number of nitrogens with one attached hydrogen (secondary N) is 1. The van der Waals surface area contributed by atoms with Gasteiger partial charge in [0, 0.05) is 24.5 Å². The van der Waals surface area contributed by atoms with E-state index in [1.165, 1.54) is 6.07 Å². The van der Waals surface area contributed by atoms with Crippen molar-refractivity contribution in [3.63, 3.8) is 0 Å². The topological polar surface area (TPSA) is 58.9 Å². The molecule has 1 N–H and O–H groups in total. The highest BCUT2D eigenvalue weighted by Crippen LogP contribution is 2.42. The second-order valence-electron chi connectivity index (χ2n) is 10.9. The summed E-state index contributed by atoms with van der Waals surface area (Å²) in [6.45, 7) is 1.88. The SMILES string of the molecule is FC(F)(F)c1cc(CN[C@H]2C3CCN(CC3)[C@@H]2C(c2ccccc2)c2ccccc2)cc(-n2nnnc2C(F)(F)F)c1. The van der Waals surface area contributed by atoms with Crippen LogP contribution in [-0.2, 0) is 18.9 Å². The lowest BCUT2D eigenvalue weighted by Crippen LogP contribution is -2.64. The summed E-state index contributed by atoms with van der Waals surface area (Å²) in [7, 11) is 0. The molecular formula is C30H28F6N6. The molecule has 2 bridgehead atoms. The molecule has 4 aromatic rings. The summed E-state index contributed by atoms with van der Waals surface area (Å²) in [4.78, 5) is 2.45. The fourth-order valence-corrected chi connectivity index (χ4v) is 6.53. The van der Waals surface area contributed by atoms with E-state index in [4.69, 9.17) is 0 Å². The van der Waals surface area contributed by atoms with Gasteiger partial charge in [-0.1, -0.05) is 60.7 Å². The smallest absolute Gasteiger partial charge is 0.308 e. The molecule has 2 atom stereocenters. The van der Waals surface area contributed by atoms with Gasteiger partial charge in [-0.15, -0.1) is 5.10 Å². The second-order valence-corrected chi connectivity index (χ2v) is 10.9. The van der Waals surface area contributed by atoms with E-state index in [1.54, 1.807) is 0 Å². The van der Waals surface area contributed by atoms with Crippen molar-refractivity contribution in [1.82, 2.24) is 30.4 Å². The van der Waals surface area contributed by atoms with Gasteiger partial charge < -0.3 is 5.32 Å². The summed E-state index contributed by atoms with van der Waals surface area (Å²) in [6.07, 6.45) is -7.81. The van der Waals surface area contributed by atoms with Crippen LogP contribution in [0.4, 0.5) is 26.3 Å². The van der Waals surface area contributed by atoms with Crippen LogP contribution in [0.3, 0.4) is 0 Å². The van der Waals surface area contributed by atoms with Gasteiger partial charge >= 0.3 is 12.4 Å². The van der Waals surface area contributed by atoms with E-state index in [0.717, 1.165) is 43.1 Å². The summed E-state index contributed by atoms with van der Waals surface area (Å²) in [5, 5.41) is 12.9. The number of hydrogen-bond acceptors (Lipinski definition) is 5. The number of fused-ring (bicyclic) bond motifs is 3. The van der Waals surface area contributed by atoms with E-state index in [9.17, 15) is 26.3 Å². The van der Waals surface area contributed by atoms with Crippen LogP contribution in [0.25, 0.3) is 5.69 Å². The summed E-state index contributed by atoms with van der Waals surface area (Å²) < 4.78 is 82.4. The van der Waals surface area contributed by atoms with E-state index >= 15 is 0 Å². The van der Waals surface area contributed by atoms with Gasteiger partial charge in [0.2, 0.25) is 0 Å². The molecule has 3 saturated heterocycles. The highest BCUT2D eigenvalue weighted by Gasteiger charge is 2.46. The minimum atomic E-state index is -4.94. The molecule has 3 aromatic carbocycles. The molecule has 7 rings (SSSR count). The van der Waals surface area contributed by atoms with Crippen molar-refractivity contribution in [2.75, 3.05) is 13.1 Å². The van der Waals surface area contributed by atoms with Crippen molar-refractivity contribution in [3.8, 4) is 5.69 Å². The third kappa shape index (κ3) is 5.65. The first-order chi connectivity index (χ1) is 20.1. The Morgan fingerprint density at radius 1 is 0.810 bits per heavy atom. The molecule has 3 aliphatic heterocycles. The molecule has 0 aliphatic carbocycles. The fourth-order valence-electron chi connectivity index (χ4n) is 6.53. The van der Waals surface area contributed by atoms with Crippen LogP contribution in [0.5, 0.6) is 0 Å². The van der Waals surface area contributed by atoms with Gasteiger partial charge in [0.1, 0.15) is 0 Å². The van der Waals surface area contributed by atoms with Crippen LogP contribution in [0.15, 0.2) is 78.9 Å². The predicted octanol–water partition coefficient (Wildman–Crippen LogP) is 6.08. The van der Waals surface area contributed by atoms with Crippen molar-refractivity contribution >= 4 is 0 Å². The van der Waals surface area contributed by atoms with E-state index in [0.29, 0.717) is 16.7 Å². The van der Waals surface area contributed by atoms with Crippen LogP contribution < -0.4 is 5.32 Å². The first-order valence-corrected chi connectivity index (χ1v) is 13.7. The molecule has 1 aromatic heterocycles. The van der Waals surface area contributed by atoms with Gasteiger partial charge in [-0.2, -0.15) is 31.0 Å². The van der Waals surface area contributed by atoms with Crippen LogP contribution in [0, 0.1) is 5.92 Å². The normalized spacial score (nSPS) is 22.5. The van der Waals surface area contributed by atoms with Crippen molar-refractivity contribution in [2.45, 2.75) is 49.7 Å². The van der Waals surface area contributed by atoms with Crippen LogP contribution in [-0.4, -0.2) is 50.3 Å². The maximum Gasteiger partial charge on any atom is 0.453 e. The van der Waals surface area contributed by atoms with Gasteiger partial charge in [-0.05, 0) is 77.2 Å². The Balaban J connectivity index is 1.36. The van der Waals surface area contributed by atoms with Gasteiger partial charge in [0.25, 0.3) is 5.82 Å². The van der Waals surface area contributed by atoms with Crippen molar-refractivity contribution < 1.29 is 26.3 Å². The Morgan fingerprint density at radius 2 is 1.43 bits per heavy atom. The molecule has 0 radical (unpaired) electrons. The highest BCUT2D eigenvalue weighted by molar-refractivity contribution is 5.42. The third-order valence-electron chi connectivity index (χ3n) is 8.34. The quantitative estimate of drug-likeness (QED) is 0.266. The maximum absolute atomic E-state index is 13.9. The Hall–Kier alpha value is -3.77. The molecule has 0 amide bonds. The van der Waals surface area contributed by atoms with E-state index < -0.39 is 29.4 Å². The summed E-state index contributed by atoms with van der Waals surface area (Å²) in [5.74, 6) is -1.18. The lowest BCUT2D eigenvalue weighted by Gasteiger charge is -2.54. The molecule has 0 saturated carbocycles. The van der Waals surface area contributed by atoms with E-state index in [-0.39, 0.29) is 30.1 Å². The molecule has 6 nitrogen and oxygen atoms in total. The number of alkyl halides is 6. The Kier molecular flexibility index (Phi) is 7.52. The van der Waals surface area contributed by atoms with E-state index in [2.05, 4.69) is 50.0 Å². The minimum Gasteiger partial charge on any atom is -0.308 e. The average Bonchev–Trinajstić information content (AvgIpc) is 3.49. The van der Waals surface area contributed by atoms with Crippen LogP contribution in [0.2, 0.25) is 0 Å². The van der Waals surface area contributed by atoms with Gasteiger partial charge in [0.05, 0.1) is 11.3 Å². The van der Waals surface area contributed by atoms with Gasteiger partial charge in [-0.25, -0.2) is 0 Å². The van der Waals surface area contributed by atoms with E-state index in [1.807, 2.05) is 36.4 Å². The minimum absolute atomic E-state index is 0.0145. The molecule has 0 unspecified atom stereocenters. The highest BCUT2D eigenvalue weighted by atomic mass is 19.4. The van der Waals surface area contributed by atoms with Crippen molar-refractivity contribution in [3.05, 3.63) is 107 Å². The molecule has 42 heavy (non-hydrogen) atoms. The number of tetrazole rings is 1. The van der Waals surface area contributed by atoms with Gasteiger partial charge in [-0.3, -0.25) is 4.90 Å². The lowest BCUT2D eigenvalue weighted by atomic mass is 9.70. The number of hydrogen-bond donors (Lipinski definition) is 1. The largest absolute Gasteiger partial charge is 0.453 e. The van der Waals surface area contributed by atoms with Crippen molar-refractivity contribution in [1.29, 1.82) is 0 Å². The number of aromatic nitrogens is 4. The number of halogens is 6. The van der Waals surface area contributed by atoms with Crippen LogP contribution >= 0.6 is 0 Å². The Morgan fingerprint density at radius 3 is 2.00 bits per heavy atom.